The average Bonchev–Trinajstić information content (AvgIpc) is 3.09. The molecule has 1 atom stereocenters. The minimum atomic E-state index is -1.06. The molecule has 6 nitrogen and oxygen atoms in total. The van der Waals surface area contributed by atoms with Crippen LogP contribution in [0.3, 0.4) is 0 Å². The van der Waals surface area contributed by atoms with Gasteiger partial charge < -0.3 is 10.2 Å². The molecule has 2 aliphatic rings. The lowest BCUT2D eigenvalue weighted by Crippen LogP contribution is -2.56. The number of urea groups is 1. The van der Waals surface area contributed by atoms with Crippen molar-refractivity contribution in [3.8, 4) is 0 Å². The number of carbonyl (C=O) groups is 3. The molecule has 2 fully saturated rings. The van der Waals surface area contributed by atoms with Crippen LogP contribution in [0.4, 0.5) is 13.6 Å². The Hall–Kier alpha value is -3.29. The van der Waals surface area contributed by atoms with Gasteiger partial charge in [-0.25, -0.2) is 13.6 Å². The summed E-state index contributed by atoms with van der Waals surface area (Å²) in [7, 11) is 0. The number of aryl methyl sites for hydroxylation is 1. The summed E-state index contributed by atoms with van der Waals surface area (Å²) in [5, 5.41) is 5.25. The van der Waals surface area contributed by atoms with Gasteiger partial charge in [0.25, 0.3) is 11.8 Å². The maximum absolute atomic E-state index is 13.5. The topological polar surface area (TPSA) is 78.5 Å². The van der Waals surface area contributed by atoms with Crippen molar-refractivity contribution in [1.82, 2.24) is 15.5 Å². The molecule has 2 aromatic rings. The zero-order valence-electron chi connectivity index (χ0n) is 17.6. The highest BCUT2D eigenvalue weighted by Gasteiger charge is 2.51. The molecule has 2 N–H and O–H groups in total. The van der Waals surface area contributed by atoms with E-state index in [1.165, 1.54) is 11.6 Å². The Balaban J connectivity index is 1.42. The van der Waals surface area contributed by atoms with Crippen LogP contribution in [0.1, 0.15) is 41.6 Å². The molecule has 32 heavy (non-hydrogen) atoms. The van der Waals surface area contributed by atoms with Crippen LogP contribution in [0.25, 0.3) is 0 Å². The zero-order valence-corrected chi connectivity index (χ0v) is 17.6. The molecule has 168 valence electrons. The zero-order chi connectivity index (χ0) is 22.7. The van der Waals surface area contributed by atoms with Crippen molar-refractivity contribution in [1.29, 1.82) is 0 Å². The standard InChI is InChI=1S/C24H25F2N3O3/c25-19-9-8-17(15-20(19)26)21(30)29-13-10-18(11-14-29)24(22(31)27-23(32)28-24)12-4-7-16-5-2-1-3-6-16/h1-3,5-6,8-9,15,18H,4,7,10-14H2,(H2,27,28,31,32). The third-order valence-electron chi connectivity index (χ3n) is 6.49. The summed E-state index contributed by atoms with van der Waals surface area (Å²) in [4.78, 5) is 39.1. The lowest BCUT2D eigenvalue weighted by molar-refractivity contribution is -0.127. The molecule has 2 heterocycles. The molecule has 2 aromatic carbocycles. The number of likely N-dealkylation sites (tertiary alicyclic amines) is 1. The number of carbonyl (C=O) groups excluding carboxylic acids is 3. The van der Waals surface area contributed by atoms with Crippen molar-refractivity contribution >= 4 is 17.8 Å². The molecule has 0 bridgehead atoms. The largest absolute Gasteiger partial charge is 0.339 e. The van der Waals surface area contributed by atoms with Crippen LogP contribution in [-0.2, 0) is 11.2 Å². The van der Waals surface area contributed by atoms with E-state index in [2.05, 4.69) is 10.6 Å². The smallest absolute Gasteiger partial charge is 0.322 e. The molecule has 1 unspecified atom stereocenters. The summed E-state index contributed by atoms with van der Waals surface area (Å²) in [6.45, 7) is 0.734. The fourth-order valence-corrected chi connectivity index (χ4v) is 4.78. The van der Waals surface area contributed by atoms with Crippen LogP contribution in [0.2, 0.25) is 0 Å². The Morgan fingerprint density at radius 1 is 1.03 bits per heavy atom. The second-order valence-electron chi connectivity index (χ2n) is 8.41. The summed E-state index contributed by atoms with van der Waals surface area (Å²) in [6.07, 6.45) is 3.06. The van der Waals surface area contributed by atoms with Gasteiger partial charge in [0, 0.05) is 18.7 Å². The molecule has 2 aliphatic heterocycles. The van der Waals surface area contributed by atoms with E-state index in [0.29, 0.717) is 32.4 Å². The van der Waals surface area contributed by atoms with Crippen LogP contribution in [0.5, 0.6) is 0 Å². The molecule has 0 aliphatic carbocycles. The molecule has 4 amide bonds. The predicted octanol–water partition coefficient (Wildman–Crippen LogP) is 3.42. The molecule has 0 radical (unpaired) electrons. The van der Waals surface area contributed by atoms with Gasteiger partial charge in [-0.05, 0) is 61.8 Å². The third-order valence-corrected chi connectivity index (χ3v) is 6.49. The van der Waals surface area contributed by atoms with Crippen LogP contribution in [-0.4, -0.2) is 41.4 Å². The normalized spacial score (nSPS) is 21.4. The van der Waals surface area contributed by atoms with Gasteiger partial charge in [-0.15, -0.1) is 0 Å². The summed E-state index contributed by atoms with van der Waals surface area (Å²) >= 11 is 0. The summed E-state index contributed by atoms with van der Waals surface area (Å²) in [6, 6.07) is 12.6. The van der Waals surface area contributed by atoms with Crippen LogP contribution in [0.15, 0.2) is 48.5 Å². The Morgan fingerprint density at radius 2 is 1.75 bits per heavy atom. The van der Waals surface area contributed by atoms with Crippen LogP contribution >= 0.6 is 0 Å². The fourth-order valence-electron chi connectivity index (χ4n) is 4.78. The molecule has 2 saturated heterocycles. The molecular formula is C24H25F2N3O3. The highest BCUT2D eigenvalue weighted by atomic mass is 19.2. The first-order valence-electron chi connectivity index (χ1n) is 10.8. The highest BCUT2D eigenvalue weighted by molar-refractivity contribution is 6.07. The number of amides is 4. The van der Waals surface area contributed by atoms with E-state index in [1.807, 2.05) is 30.3 Å². The van der Waals surface area contributed by atoms with Crippen molar-refractivity contribution in [2.75, 3.05) is 13.1 Å². The average molecular weight is 441 g/mol. The maximum Gasteiger partial charge on any atom is 0.322 e. The van der Waals surface area contributed by atoms with E-state index in [4.69, 9.17) is 0 Å². The van der Waals surface area contributed by atoms with Crippen LogP contribution < -0.4 is 10.6 Å². The number of hydrogen-bond donors (Lipinski definition) is 2. The number of hydrogen-bond acceptors (Lipinski definition) is 3. The van der Waals surface area contributed by atoms with Gasteiger partial charge in [0.2, 0.25) is 0 Å². The minimum absolute atomic E-state index is 0.0897. The first-order chi connectivity index (χ1) is 15.4. The van der Waals surface area contributed by atoms with E-state index in [9.17, 15) is 23.2 Å². The predicted molar refractivity (Wildman–Crippen MR) is 114 cm³/mol. The van der Waals surface area contributed by atoms with E-state index in [-0.39, 0.29) is 23.3 Å². The summed E-state index contributed by atoms with van der Waals surface area (Å²) in [5.74, 6) is -2.88. The van der Waals surface area contributed by atoms with Crippen molar-refractivity contribution in [2.45, 2.75) is 37.6 Å². The number of piperidine rings is 1. The van der Waals surface area contributed by atoms with Gasteiger partial charge in [0.05, 0.1) is 0 Å². The van der Waals surface area contributed by atoms with Crippen LogP contribution in [0, 0.1) is 17.6 Å². The first-order valence-corrected chi connectivity index (χ1v) is 10.8. The lowest BCUT2D eigenvalue weighted by atomic mass is 9.74. The van der Waals surface area contributed by atoms with E-state index in [1.54, 1.807) is 4.90 Å². The first kappa shape index (κ1) is 21.9. The van der Waals surface area contributed by atoms with E-state index >= 15 is 0 Å². The number of nitrogens with one attached hydrogen (secondary N) is 2. The molecule has 4 rings (SSSR count). The van der Waals surface area contributed by atoms with Crippen molar-refractivity contribution in [3.63, 3.8) is 0 Å². The molecule has 8 heteroatoms. The molecule has 0 spiro atoms. The Labute approximate surface area is 185 Å². The van der Waals surface area contributed by atoms with E-state index < -0.39 is 23.2 Å². The minimum Gasteiger partial charge on any atom is -0.339 e. The number of nitrogens with zero attached hydrogens (tertiary/aromatic N) is 1. The van der Waals surface area contributed by atoms with Gasteiger partial charge in [-0.3, -0.25) is 14.9 Å². The second kappa shape index (κ2) is 9.06. The maximum atomic E-state index is 13.5. The van der Waals surface area contributed by atoms with Crippen molar-refractivity contribution in [2.24, 2.45) is 5.92 Å². The van der Waals surface area contributed by atoms with Crippen molar-refractivity contribution in [3.05, 3.63) is 71.3 Å². The molecular weight excluding hydrogens is 416 g/mol. The Kier molecular flexibility index (Phi) is 6.21. The van der Waals surface area contributed by atoms with Crippen molar-refractivity contribution < 1.29 is 23.2 Å². The Bertz CT molecular complexity index is 1020. The van der Waals surface area contributed by atoms with Gasteiger partial charge in [-0.1, -0.05) is 30.3 Å². The lowest BCUT2D eigenvalue weighted by Gasteiger charge is -2.40. The number of halogens is 2. The quantitative estimate of drug-likeness (QED) is 0.675. The van der Waals surface area contributed by atoms with Gasteiger partial charge >= 0.3 is 6.03 Å². The highest BCUT2D eigenvalue weighted by Crippen LogP contribution is 2.35. The summed E-state index contributed by atoms with van der Waals surface area (Å²) < 4.78 is 26.7. The van der Waals surface area contributed by atoms with Gasteiger partial charge in [0.15, 0.2) is 11.6 Å². The fraction of sp³-hybridized carbons (Fsp3) is 0.375. The Morgan fingerprint density at radius 3 is 2.38 bits per heavy atom. The monoisotopic (exact) mass is 441 g/mol. The number of imide groups is 1. The second-order valence-corrected chi connectivity index (χ2v) is 8.41. The van der Waals surface area contributed by atoms with E-state index in [0.717, 1.165) is 25.0 Å². The van der Waals surface area contributed by atoms with Gasteiger partial charge in [0.1, 0.15) is 5.54 Å². The number of benzene rings is 2. The molecule has 0 aromatic heterocycles. The summed E-state index contributed by atoms with van der Waals surface area (Å²) in [5.41, 5.74) is 0.259. The molecule has 0 saturated carbocycles. The number of rotatable bonds is 6. The SMILES string of the molecule is O=C1NC(=O)C(CCCc2ccccc2)(C2CCN(C(=O)c3ccc(F)c(F)c3)CC2)N1. The van der Waals surface area contributed by atoms with Gasteiger partial charge in [-0.2, -0.15) is 0 Å². The third kappa shape index (κ3) is 4.35.